The Labute approximate surface area is 146 Å². The van der Waals surface area contributed by atoms with E-state index in [0.717, 1.165) is 23.2 Å². The van der Waals surface area contributed by atoms with E-state index in [2.05, 4.69) is 41.1 Å². The lowest BCUT2D eigenvalue weighted by Crippen LogP contribution is -2.17. The summed E-state index contributed by atoms with van der Waals surface area (Å²) < 4.78 is 7.37. The van der Waals surface area contributed by atoms with Gasteiger partial charge >= 0.3 is 0 Å². The number of benzene rings is 2. The molecule has 0 fully saturated rings. The number of fused-ring (bicyclic) bond motifs is 1. The molecule has 0 atom stereocenters. The third-order valence-electron chi connectivity index (χ3n) is 4.29. The highest BCUT2D eigenvalue weighted by Crippen LogP contribution is 2.24. The maximum atomic E-state index is 12.2. The lowest BCUT2D eigenvalue weighted by atomic mass is 10.1. The molecule has 2 aromatic carbocycles. The lowest BCUT2D eigenvalue weighted by Gasteiger charge is -2.03. The van der Waals surface area contributed by atoms with Crippen LogP contribution in [-0.4, -0.2) is 23.8 Å². The number of carbonyl (C=O) groups is 1. The summed E-state index contributed by atoms with van der Waals surface area (Å²) in [5, 5.41) is 5.28. The zero-order valence-corrected chi connectivity index (χ0v) is 14.6. The number of nitrogens with one attached hydrogen (secondary N) is 1. The third-order valence-corrected chi connectivity index (χ3v) is 4.29. The van der Waals surface area contributed by atoms with Crippen LogP contribution in [0.2, 0.25) is 0 Å². The topological polar surface area (TPSA) is 55.6 Å². The first-order valence-electron chi connectivity index (χ1n) is 8.21. The molecule has 0 aliphatic heterocycles. The molecule has 25 heavy (non-hydrogen) atoms. The van der Waals surface area contributed by atoms with Crippen LogP contribution in [0.4, 0.5) is 0 Å². The number of amides is 1. The van der Waals surface area contributed by atoms with Gasteiger partial charge in [-0.2, -0.15) is 5.10 Å². The van der Waals surface area contributed by atoms with Crippen molar-refractivity contribution in [2.75, 3.05) is 7.11 Å². The number of ether oxygens (including phenoxy) is 1. The Kier molecular flexibility index (Phi) is 4.84. The van der Waals surface area contributed by atoms with Crippen molar-refractivity contribution in [3.05, 3.63) is 65.4 Å². The molecule has 1 amide bonds. The molecule has 0 spiro atoms. The third kappa shape index (κ3) is 3.26. The number of methoxy groups -OCH3 is 1. The normalized spacial score (nSPS) is 11.2. The van der Waals surface area contributed by atoms with Gasteiger partial charge in [0.25, 0.3) is 5.91 Å². The molecule has 5 heteroatoms. The Balaban J connectivity index is 1.84. The van der Waals surface area contributed by atoms with Crippen molar-refractivity contribution in [3.8, 4) is 5.75 Å². The molecule has 0 unspecified atom stereocenters. The number of hydrogen-bond donors (Lipinski definition) is 1. The second-order valence-electron chi connectivity index (χ2n) is 5.69. The minimum atomic E-state index is -0.271. The fourth-order valence-corrected chi connectivity index (χ4v) is 3.01. The van der Waals surface area contributed by atoms with Crippen LogP contribution < -0.4 is 10.2 Å². The van der Waals surface area contributed by atoms with Crippen LogP contribution >= 0.6 is 0 Å². The highest BCUT2D eigenvalue weighted by atomic mass is 16.5. The number of nitrogens with zero attached hydrogens (tertiary/aromatic N) is 2. The SMILES string of the molecule is CCn1c(C)c(/C=N\NC(=O)c2cccc(OC)c2)c2ccccc21. The summed E-state index contributed by atoms with van der Waals surface area (Å²) in [5.41, 5.74) is 6.40. The van der Waals surface area contributed by atoms with E-state index in [9.17, 15) is 4.79 Å². The molecule has 1 heterocycles. The van der Waals surface area contributed by atoms with Crippen molar-refractivity contribution in [2.24, 2.45) is 5.10 Å². The molecule has 5 nitrogen and oxygen atoms in total. The van der Waals surface area contributed by atoms with Gasteiger partial charge in [-0.15, -0.1) is 0 Å². The van der Waals surface area contributed by atoms with Crippen molar-refractivity contribution in [3.63, 3.8) is 0 Å². The van der Waals surface area contributed by atoms with Crippen molar-refractivity contribution in [1.29, 1.82) is 0 Å². The first-order chi connectivity index (χ1) is 12.2. The Morgan fingerprint density at radius 2 is 2.04 bits per heavy atom. The maximum Gasteiger partial charge on any atom is 0.271 e. The number of rotatable bonds is 5. The molecular weight excluding hydrogens is 314 g/mol. The highest BCUT2D eigenvalue weighted by Gasteiger charge is 2.11. The average Bonchev–Trinajstić information content (AvgIpc) is 2.93. The summed E-state index contributed by atoms with van der Waals surface area (Å²) in [7, 11) is 1.57. The second kappa shape index (κ2) is 7.21. The predicted molar refractivity (Wildman–Crippen MR) is 100 cm³/mol. The summed E-state index contributed by atoms with van der Waals surface area (Å²) in [6.07, 6.45) is 1.71. The Morgan fingerprint density at radius 3 is 2.80 bits per heavy atom. The molecule has 0 bridgehead atoms. The minimum absolute atomic E-state index is 0.271. The number of aromatic nitrogens is 1. The number of hydrazone groups is 1. The summed E-state index contributed by atoms with van der Waals surface area (Å²) in [4.78, 5) is 12.2. The fraction of sp³-hybridized carbons (Fsp3) is 0.200. The Hall–Kier alpha value is -3.08. The van der Waals surface area contributed by atoms with Gasteiger partial charge in [-0.3, -0.25) is 4.79 Å². The molecule has 3 aromatic rings. The van der Waals surface area contributed by atoms with Gasteiger partial charge in [0.1, 0.15) is 5.75 Å². The first-order valence-corrected chi connectivity index (χ1v) is 8.21. The molecule has 3 rings (SSSR count). The van der Waals surface area contributed by atoms with Gasteiger partial charge in [0.05, 0.1) is 13.3 Å². The van der Waals surface area contributed by atoms with Gasteiger partial charge < -0.3 is 9.30 Å². The minimum Gasteiger partial charge on any atom is -0.497 e. The van der Waals surface area contributed by atoms with Crippen LogP contribution in [0.15, 0.2) is 53.6 Å². The highest BCUT2D eigenvalue weighted by molar-refractivity contribution is 6.02. The number of hydrogen-bond acceptors (Lipinski definition) is 3. The molecular formula is C20H21N3O2. The standard InChI is InChI=1S/C20H21N3O2/c1-4-23-14(2)18(17-10-5-6-11-19(17)23)13-21-22-20(24)15-8-7-9-16(12-15)25-3/h5-13H,4H2,1-3H3,(H,22,24)/b21-13-. The van der Waals surface area contributed by atoms with E-state index in [0.29, 0.717) is 11.3 Å². The van der Waals surface area contributed by atoms with Gasteiger partial charge in [0.15, 0.2) is 0 Å². The van der Waals surface area contributed by atoms with Crippen LogP contribution in [0.5, 0.6) is 5.75 Å². The van der Waals surface area contributed by atoms with Crippen LogP contribution in [0, 0.1) is 6.92 Å². The van der Waals surface area contributed by atoms with Crippen LogP contribution in [0.1, 0.15) is 28.5 Å². The van der Waals surface area contributed by atoms with Crippen LogP contribution in [0.3, 0.4) is 0 Å². The predicted octanol–water partition coefficient (Wildman–Crippen LogP) is 3.74. The molecule has 128 valence electrons. The largest absolute Gasteiger partial charge is 0.497 e. The lowest BCUT2D eigenvalue weighted by molar-refractivity contribution is 0.0955. The van der Waals surface area contributed by atoms with E-state index < -0.39 is 0 Å². The number of aryl methyl sites for hydroxylation is 1. The van der Waals surface area contributed by atoms with E-state index in [1.165, 1.54) is 5.52 Å². The zero-order valence-electron chi connectivity index (χ0n) is 14.6. The van der Waals surface area contributed by atoms with Gasteiger partial charge in [0, 0.05) is 34.3 Å². The van der Waals surface area contributed by atoms with E-state index in [1.54, 1.807) is 37.6 Å². The quantitative estimate of drug-likeness (QED) is 0.570. The number of carbonyl (C=O) groups excluding carboxylic acids is 1. The fourth-order valence-electron chi connectivity index (χ4n) is 3.01. The zero-order chi connectivity index (χ0) is 17.8. The molecule has 0 saturated carbocycles. The molecule has 0 aliphatic rings. The van der Waals surface area contributed by atoms with Crippen molar-refractivity contribution < 1.29 is 9.53 Å². The Bertz CT molecular complexity index is 941. The van der Waals surface area contributed by atoms with E-state index in [4.69, 9.17) is 4.74 Å². The van der Waals surface area contributed by atoms with Crippen LogP contribution in [-0.2, 0) is 6.54 Å². The number of para-hydroxylation sites is 1. The summed E-state index contributed by atoms with van der Waals surface area (Å²) in [6.45, 7) is 5.07. The van der Waals surface area contributed by atoms with Gasteiger partial charge in [0.2, 0.25) is 0 Å². The summed E-state index contributed by atoms with van der Waals surface area (Å²) in [5.74, 6) is 0.366. The second-order valence-corrected chi connectivity index (χ2v) is 5.69. The monoisotopic (exact) mass is 335 g/mol. The van der Waals surface area contributed by atoms with Gasteiger partial charge in [-0.1, -0.05) is 24.3 Å². The smallest absolute Gasteiger partial charge is 0.271 e. The van der Waals surface area contributed by atoms with Crippen LogP contribution in [0.25, 0.3) is 10.9 Å². The molecule has 1 aromatic heterocycles. The Morgan fingerprint density at radius 1 is 1.24 bits per heavy atom. The summed E-state index contributed by atoms with van der Waals surface area (Å²) >= 11 is 0. The van der Waals surface area contributed by atoms with Crippen molar-refractivity contribution in [1.82, 2.24) is 9.99 Å². The van der Waals surface area contributed by atoms with Gasteiger partial charge in [-0.25, -0.2) is 5.43 Å². The molecule has 0 saturated heterocycles. The molecule has 1 N–H and O–H groups in total. The van der Waals surface area contributed by atoms with Crippen molar-refractivity contribution in [2.45, 2.75) is 20.4 Å². The molecule has 0 aliphatic carbocycles. The van der Waals surface area contributed by atoms with Crippen molar-refractivity contribution >= 4 is 23.0 Å². The maximum absolute atomic E-state index is 12.2. The summed E-state index contributed by atoms with van der Waals surface area (Å²) in [6, 6.07) is 15.2. The van der Waals surface area contributed by atoms with Gasteiger partial charge in [-0.05, 0) is 38.1 Å². The molecule has 0 radical (unpaired) electrons. The van der Waals surface area contributed by atoms with E-state index in [-0.39, 0.29) is 5.91 Å². The first kappa shape index (κ1) is 16.8. The average molecular weight is 335 g/mol. The van der Waals surface area contributed by atoms with E-state index in [1.807, 2.05) is 12.1 Å². The van der Waals surface area contributed by atoms with E-state index >= 15 is 0 Å².